The molecule has 0 saturated carbocycles. The molecule has 0 aliphatic rings. The van der Waals surface area contributed by atoms with Gasteiger partial charge < -0.3 is 0 Å². The van der Waals surface area contributed by atoms with E-state index in [1.807, 2.05) is 0 Å². The van der Waals surface area contributed by atoms with Gasteiger partial charge in [0.05, 0.1) is 0 Å². The van der Waals surface area contributed by atoms with Crippen LogP contribution >= 0.6 is 11.6 Å². The summed E-state index contributed by atoms with van der Waals surface area (Å²) in [5.41, 5.74) is 1.73. The van der Waals surface area contributed by atoms with Crippen molar-refractivity contribution in [3.05, 3.63) is 77.6 Å². The Kier molecular flexibility index (Phi) is 3.67. The van der Waals surface area contributed by atoms with Gasteiger partial charge in [0.2, 0.25) is 0 Å². The third kappa shape index (κ3) is 2.65. The van der Waals surface area contributed by atoms with Gasteiger partial charge in [-0.2, -0.15) is 0 Å². The molecule has 0 fully saturated rings. The Morgan fingerprint density at radius 2 is 1.33 bits per heavy atom. The summed E-state index contributed by atoms with van der Waals surface area (Å²) in [6.07, 6.45) is 1.48. The minimum absolute atomic E-state index is 0.181. The van der Waals surface area contributed by atoms with Crippen LogP contribution in [-0.2, 0) is 0 Å². The fourth-order valence-electron chi connectivity index (χ4n) is 2.16. The molecular weight excluding hydrogens is 292 g/mol. The number of pyridine rings is 1. The highest BCUT2D eigenvalue weighted by Crippen LogP contribution is 2.32. The lowest BCUT2D eigenvalue weighted by atomic mass is 10.0. The topological polar surface area (TPSA) is 12.9 Å². The van der Waals surface area contributed by atoms with E-state index in [-0.39, 0.29) is 11.0 Å². The third-order valence-corrected chi connectivity index (χ3v) is 3.49. The molecule has 0 saturated heterocycles. The lowest BCUT2D eigenvalue weighted by Gasteiger charge is -2.09. The van der Waals surface area contributed by atoms with Crippen molar-refractivity contribution in [1.29, 1.82) is 0 Å². The lowest BCUT2D eigenvalue weighted by molar-refractivity contribution is 0.631. The molecule has 1 nitrogen and oxygen atoms in total. The van der Waals surface area contributed by atoms with Crippen molar-refractivity contribution in [3.8, 4) is 22.3 Å². The minimum atomic E-state index is -0.396. The van der Waals surface area contributed by atoms with E-state index >= 15 is 0 Å². The standard InChI is InChI=1S/C17H10ClF2N/c18-17-14(13-6-2-4-8-16(13)20)9-11(10-21-17)12-5-1-3-7-15(12)19/h1-10H. The molecular formula is C17H10ClF2N. The fraction of sp³-hybridized carbons (Fsp3) is 0. The second kappa shape index (κ2) is 5.62. The van der Waals surface area contributed by atoms with E-state index in [2.05, 4.69) is 4.98 Å². The average molecular weight is 302 g/mol. The Hall–Kier alpha value is -2.26. The maximum absolute atomic E-state index is 13.9. The molecule has 4 heteroatoms. The van der Waals surface area contributed by atoms with Crippen LogP contribution in [0.4, 0.5) is 8.78 Å². The molecule has 0 radical (unpaired) electrons. The predicted molar refractivity (Wildman–Crippen MR) is 80.0 cm³/mol. The summed E-state index contributed by atoms with van der Waals surface area (Å²) in [7, 11) is 0. The number of nitrogens with zero attached hydrogens (tertiary/aromatic N) is 1. The van der Waals surface area contributed by atoms with Gasteiger partial charge in [-0.05, 0) is 18.2 Å². The van der Waals surface area contributed by atoms with Crippen LogP contribution in [0.25, 0.3) is 22.3 Å². The van der Waals surface area contributed by atoms with Gasteiger partial charge in [-0.3, -0.25) is 0 Å². The number of halogens is 3. The van der Waals surface area contributed by atoms with Gasteiger partial charge in [-0.1, -0.05) is 48.0 Å². The van der Waals surface area contributed by atoms with Crippen molar-refractivity contribution >= 4 is 11.6 Å². The number of aromatic nitrogens is 1. The molecule has 0 aliphatic heterocycles. The van der Waals surface area contributed by atoms with Gasteiger partial charge in [0.15, 0.2) is 0 Å². The van der Waals surface area contributed by atoms with E-state index < -0.39 is 5.82 Å². The largest absolute Gasteiger partial charge is 0.243 e. The Labute approximate surface area is 125 Å². The molecule has 0 N–H and O–H groups in total. The summed E-state index contributed by atoms with van der Waals surface area (Å²) in [5, 5.41) is 0.181. The van der Waals surface area contributed by atoms with Crippen LogP contribution in [0.1, 0.15) is 0 Å². The zero-order chi connectivity index (χ0) is 14.8. The van der Waals surface area contributed by atoms with Gasteiger partial charge in [0.25, 0.3) is 0 Å². The maximum Gasteiger partial charge on any atom is 0.136 e. The third-order valence-electron chi connectivity index (χ3n) is 3.19. The van der Waals surface area contributed by atoms with E-state index in [1.54, 1.807) is 42.5 Å². The zero-order valence-corrected chi connectivity index (χ0v) is 11.6. The first-order valence-electron chi connectivity index (χ1n) is 6.32. The quantitative estimate of drug-likeness (QED) is 0.582. The molecule has 3 aromatic rings. The maximum atomic E-state index is 13.9. The first-order chi connectivity index (χ1) is 10.2. The fourth-order valence-corrected chi connectivity index (χ4v) is 2.36. The molecule has 0 aliphatic carbocycles. The van der Waals surface area contributed by atoms with E-state index in [9.17, 15) is 8.78 Å². The number of hydrogen-bond donors (Lipinski definition) is 0. The van der Waals surface area contributed by atoms with Gasteiger partial charge in [-0.15, -0.1) is 0 Å². The summed E-state index contributed by atoms with van der Waals surface area (Å²) < 4.78 is 27.8. The van der Waals surface area contributed by atoms with Gasteiger partial charge in [0.1, 0.15) is 16.8 Å². The highest BCUT2D eigenvalue weighted by Gasteiger charge is 2.12. The second-order valence-corrected chi connectivity index (χ2v) is 4.88. The highest BCUT2D eigenvalue weighted by atomic mass is 35.5. The number of benzene rings is 2. The highest BCUT2D eigenvalue weighted by molar-refractivity contribution is 6.32. The summed E-state index contributed by atoms with van der Waals surface area (Å²) in [6.45, 7) is 0. The van der Waals surface area contributed by atoms with Gasteiger partial charge >= 0.3 is 0 Å². The first-order valence-corrected chi connectivity index (χ1v) is 6.70. The Morgan fingerprint density at radius 3 is 1.95 bits per heavy atom. The van der Waals surface area contributed by atoms with Crippen molar-refractivity contribution < 1.29 is 8.78 Å². The SMILES string of the molecule is Fc1ccccc1-c1cnc(Cl)c(-c2ccccc2F)c1. The molecule has 2 aromatic carbocycles. The molecule has 0 unspecified atom stereocenters. The molecule has 3 rings (SSSR count). The van der Waals surface area contributed by atoms with Crippen LogP contribution in [-0.4, -0.2) is 4.98 Å². The molecule has 0 bridgehead atoms. The summed E-state index contributed by atoms with van der Waals surface area (Å²) >= 11 is 6.06. The molecule has 104 valence electrons. The summed E-state index contributed by atoms with van der Waals surface area (Å²) in [4.78, 5) is 4.05. The monoisotopic (exact) mass is 301 g/mol. The molecule has 0 atom stereocenters. The summed E-state index contributed by atoms with van der Waals surface area (Å²) in [5.74, 6) is -0.756. The molecule has 1 heterocycles. The smallest absolute Gasteiger partial charge is 0.136 e. The van der Waals surface area contributed by atoms with Crippen LogP contribution in [0.5, 0.6) is 0 Å². The minimum Gasteiger partial charge on any atom is -0.243 e. The van der Waals surface area contributed by atoms with E-state index in [0.717, 1.165) is 0 Å². The second-order valence-electron chi connectivity index (χ2n) is 4.52. The lowest BCUT2D eigenvalue weighted by Crippen LogP contribution is -1.91. The van der Waals surface area contributed by atoms with Crippen LogP contribution in [0.3, 0.4) is 0 Å². The molecule has 0 spiro atoms. The average Bonchev–Trinajstić information content (AvgIpc) is 2.49. The van der Waals surface area contributed by atoms with Crippen LogP contribution in [0.2, 0.25) is 5.15 Å². The van der Waals surface area contributed by atoms with Crippen LogP contribution in [0.15, 0.2) is 60.8 Å². The Bertz CT molecular complexity index is 802. The van der Waals surface area contributed by atoms with E-state index in [4.69, 9.17) is 11.6 Å². The normalized spacial score (nSPS) is 10.6. The molecule has 21 heavy (non-hydrogen) atoms. The van der Waals surface area contributed by atoms with Gasteiger partial charge in [0, 0.05) is 28.5 Å². The first kappa shape index (κ1) is 13.7. The van der Waals surface area contributed by atoms with Crippen molar-refractivity contribution in [2.24, 2.45) is 0 Å². The van der Waals surface area contributed by atoms with Crippen molar-refractivity contribution in [1.82, 2.24) is 4.98 Å². The Morgan fingerprint density at radius 1 is 0.762 bits per heavy atom. The number of hydrogen-bond acceptors (Lipinski definition) is 1. The van der Waals surface area contributed by atoms with Crippen molar-refractivity contribution in [2.75, 3.05) is 0 Å². The summed E-state index contributed by atoms with van der Waals surface area (Å²) in [6, 6.07) is 14.3. The van der Waals surface area contributed by atoms with E-state index in [1.165, 1.54) is 18.3 Å². The van der Waals surface area contributed by atoms with Gasteiger partial charge in [-0.25, -0.2) is 13.8 Å². The Balaban J connectivity index is 2.18. The van der Waals surface area contributed by atoms with Crippen LogP contribution in [0, 0.1) is 11.6 Å². The van der Waals surface area contributed by atoms with E-state index in [0.29, 0.717) is 22.3 Å². The van der Waals surface area contributed by atoms with Crippen LogP contribution < -0.4 is 0 Å². The number of rotatable bonds is 2. The zero-order valence-electron chi connectivity index (χ0n) is 10.9. The van der Waals surface area contributed by atoms with Crippen molar-refractivity contribution in [2.45, 2.75) is 0 Å². The predicted octanol–water partition coefficient (Wildman–Crippen LogP) is 5.35. The molecule has 0 amide bonds. The van der Waals surface area contributed by atoms with Crippen molar-refractivity contribution in [3.63, 3.8) is 0 Å². The molecule has 1 aromatic heterocycles.